The number of imidazole rings is 1. The number of carbonyl (C=O) groups is 1. The number of para-hydroxylation sites is 2. The van der Waals surface area contributed by atoms with Crippen LogP contribution in [0.2, 0.25) is 0 Å². The third kappa shape index (κ3) is 3.61. The predicted octanol–water partition coefficient (Wildman–Crippen LogP) is 4.73. The molecule has 1 aromatic heterocycles. The fraction of sp³-hybridized carbons (Fsp3) is 0.200. The molecule has 1 heterocycles. The molecule has 3 rings (SSSR count). The zero-order chi connectivity index (χ0) is 17.8. The molecule has 4 nitrogen and oxygen atoms in total. The lowest BCUT2D eigenvalue weighted by Crippen LogP contribution is -1.99. The van der Waals surface area contributed by atoms with Crippen LogP contribution in [0.3, 0.4) is 0 Å². The van der Waals surface area contributed by atoms with Gasteiger partial charge in [0.25, 0.3) is 0 Å². The predicted molar refractivity (Wildman–Crippen MR) is 102 cm³/mol. The smallest absolute Gasteiger partial charge is 0.169 e. The molecule has 0 bridgehead atoms. The zero-order valence-corrected chi connectivity index (χ0v) is 15.2. The average molecular weight is 352 g/mol. The van der Waals surface area contributed by atoms with Crippen molar-refractivity contribution in [2.75, 3.05) is 7.11 Å². The van der Waals surface area contributed by atoms with Crippen molar-refractivity contribution in [1.82, 2.24) is 9.55 Å². The van der Waals surface area contributed by atoms with Crippen molar-refractivity contribution >= 4 is 28.6 Å². The van der Waals surface area contributed by atoms with Crippen molar-refractivity contribution in [3.63, 3.8) is 0 Å². The Morgan fingerprint density at radius 3 is 2.84 bits per heavy atom. The maximum atomic E-state index is 11.7. The third-order valence-corrected chi connectivity index (χ3v) is 5.00. The van der Waals surface area contributed by atoms with Gasteiger partial charge in [0.15, 0.2) is 10.9 Å². The van der Waals surface area contributed by atoms with Gasteiger partial charge in [0.1, 0.15) is 5.75 Å². The van der Waals surface area contributed by atoms with E-state index in [1.165, 1.54) is 0 Å². The van der Waals surface area contributed by atoms with E-state index in [1.807, 2.05) is 36.4 Å². The summed E-state index contributed by atoms with van der Waals surface area (Å²) in [5.41, 5.74) is 3.74. The van der Waals surface area contributed by atoms with Gasteiger partial charge in [-0.05, 0) is 37.3 Å². The molecule has 0 unspecified atom stereocenters. The summed E-state index contributed by atoms with van der Waals surface area (Å²) >= 11 is 1.63. The number of carbonyl (C=O) groups excluding carboxylic acids is 1. The first-order valence-electron chi connectivity index (χ1n) is 8.01. The molecule has 0 N–H and O–H groups in total. The number of Topliss-reactive ketones (excluding diaryl/α,β-unsaturated/α-hetero) is 1. The number of rotatable bonds is 7. The van der Waals surface area contributed by atoms with Crippen molar-refractivity contribution in [3.05, 3.63) is 66.2 Å². The van der Waals surface area contributed by atoms with Crippen molar-refractivity contribution < 1.29 is 9.53 Å². The van der Waals surface area contributed by atoms with E-state index >= 15 is 0 Å². The highest BCUT2D eigenvalue weighted by Gasteiger charge is 2.13. The number of hydrogen-bond acceptors (Lipinski definition) is 4. The van der Waals surface area contributed by atoms with Crippen molar-refractivity contribution in [2.45, 2.75) is 24.4 Å². The fourth-order valence-electron chi connectivity index (χ4n) is 2.72. The topological polar surface area (TPSA) is 44.1 Å². The number of ether oxygens (including phenoxy) is 1. The lowest BCUT2D eigenvalue weighted by molar-refractivity contribution is 0.101. The summed E-state index contributed by atoms with van der Waals surface area (Å²) in [6.45, 7) is 6.12. The lowest BCUT2D eigenvalue weighted by Gasteiger charge is -2.10. The SMILES string of the molecule is C=CCn1c(SCc2cc(C(C)=O)ccc2OC)nc2ccccc21. The second kappa shape index (κ2) is 7.57. The monoisotopic (exact) mass is 352 g/mol. The van der Waals surface area contributed by atoms with Crippen LogP contribution in [-0.4, -0.2) is 22.4 Å². The van der Waals surface area contributed by atoms with E-state index < -0.39 is 0 Å². The number of methoxy groups -OCH3 is 1. The van der Waals surface area contributed by atoms with Crippen LogP contribution in [0, 0.1) is 0 Å². The molecule has 3 aromatic rings. The molecule has 0 aliphatic carbocycles. The molecule has 0 radical (unpaired) electrons. The van der Waals surface area contributed by atoms with E-state index in [0.29, 0.717) is 17.9 Å². The highest BCUT2D eigenvalue weighted by Crippen LogP contribution is 2.30. The minimum Gasteiger partial charge on any atom is -0.496 e. The van der Waals surface area contributed by atoms with Crippen LogP contribution in [0.15, 0.2) is 60.3 Å². The summed E-state index contributed by atoms with van der Waals surface area (Å²) in [5.74, 6) is 1.50. The summed E-state index contributed by atoms with van der Waals surface area (Å²) in [6, 6.07) is 13.6. The Morgan fingerprint density at radius 2 is 2.12 bits per heavy atom. The van der Waals surface area contributed by atoms with Gasteiger partial charge in [0.05, 0.1) is 18.1 Å². The number of hydrogen-bond donors (Lipinski definition) is 0. The first-order chi connectivity index (χ1) is 12.1. The number of nitrogens with zero attached hydrogens (tertiary/aromatic N) is 2. The summed E-state index contributed by atoms with van der Waals surface area (Å²) in [5, 5.41) is 0.927. The van der Waals surface area contributed by atoms with Gasteiger partial charge in [0, 0.05) is 23.4 Å². The largest absolute Gasteiger partial charge is 0.496 e. The Hall–Kier alpha value is -2.53. The van der Waals surface area contributed by atoms with Crippen molar-refractivity contribution in [2.24, 2.45) is 0 Å². The van der Waals surface area contributed by atoms with E-state index in [0.717, 1.165) is 27.5 Å². The zero-order valence-electron chi connectivity index (χ0n) is 14.4. The summed E-state index contributed by atoms with van der Waals surface area (Å²) in [6.07, 6.45) is 1.87. The van der Waals surface area contributed by atoms with Gasteiger partial charge in [-0.2, -0.15) is 0 Å². The Kier molecular flexibility index (Phi) is 5.24. The van der Waals surface area contributed by atoms with Crippen molar-refractivity contribution in [1.29, 1.82) is 0 Å². The van der Waals surface area contributed by atoms with Gasteiger partial charge >= 0.3 is 0 Å². The number of ketones is 1. The fourth-order valence-corrected chi connectivity index (χ4v) is 3.72. The molecule has 2 aromatic carbocycles. The molecular weight excluding hydrogens is 332 g/mol. The van der Waals surface area contributed by atoms with Crippen molar-refractivity contribution in [3.8, 4) is 5.75 Å². The van der Waals surface area contributed by atoms with E-state index in [9.17, 15) is 4.79 Å². The summed E-state index contributed by atoms with van der Waals surface area (Å²) < 4.78 is 7.58. The Labute approximate surface area is 151 Å². The average Bonchev–Trinajstić information content (AvgIpc) is 2.97. The van der Waals surface area contributed by atoms with Gasteiger partial charge < -0.3 is 9.30 Å². The quantitative estimate of drug-likeness (QED) is 0.350. The van der Waals surface area contributed by atoms with E-state index in [1.54, 1.807) is 31.9 Å². The first kappa shape index (κ1) is 17.3. The van der Waals surface area contributed by atoms with Gasteiger partial charge in [-0.25, -0.2) is 4.98 Å². The van der Waals surface area contributed by atoms with Crippen LogP contribution in [-0.2, 0) is 12.3 Å². The molecular formula is C20H20N2O2S. The minimum atomic E-state index is 0.0489. The van der Waals surface area contributed by atoms with Crippen LogP contribution in [0.1, 0.15) is 22.8 Å². The molecule has 0 fully saturated rings. The maximum Gasteiger partial charge on any atom is 0.169 e. The van der Waals surface area contributed by atoms with Gasteiger partial charge in [-0.15, -0.1) is 6.58 Å². The number of allylic oxidation sites excluding steroid dienone is 1. The van der Waals surface area contributed by atoms with Crippen LogP contribution < -0.4 is 4.74 Å². The standard InChI is InChI=1S/C20H20N2O2S/c1-4-11-22-18-8-6-5-7-17(18)21-20(22)25-13-16-12-15(14(2)23)9-10-19(16)24-3/h4-10,12H,1,11,13H2,2-3H3. The molecule has 5 heteroatoms. The third-order valence-electron chi connectivity index (χ3n) is 3.97. The van der Waals surface area contributed by atoms with E-state index in [-0.39, 0.29) is 5.78 Å². The Morgan fingerprint density at radius 1 is 1.32 bits per heavy atom. The van der Waals surface area contributed by atoms with Gasteiger partial charge in [-0.1, -0.05) is 30.0 Å². The second-order valence-corrected chi connectivity index (χ2v) is 6.60. The van der Waals surface area contributed by atoms with Crippen LogP contribution in [0.25, 0.3) is 11.0 Å². The molecule has 0 saturated carbocycles. The molecule has 0 aliphatic heterocycles. The molecule has 0 atom stereocenters. The molecule has 0 saturated heterocycles. The van der Waals surface area contributed by atoms with E-state index in [2.05, 4.69) is 17.2 Å². The molecule has 0 aliphatic rings. The highest BCUT2D eigenvalue weighted by atomic mass is 32.2. The molecule has 128 valence electrons. The number of benzene rings is 2. The van der Waals surface area contributed by atoms with Crippen LogP contribution >= 0.6 is 11.8 Å². The number of aromatic nitrogens is 2. The van der Waals surface area contributed by atoms with Gasteiger partial charge in [-0.3, -0.25) is 4.79 Å². The van der Waals surface area contributed by atoms with E-state index in [4.69, 9.17) is 9.72 Å². The summed E-state index contributed by atoms with van der Waals surface area (Å²) in [4.78, 5) is 16.4. The first-order valence-corrected chi connectivity index (χ1v) is 8.99. The molecule has 25 heavy (non-hydrogen) atoms. The minimum absolute atomic E-state index is 0.0489. The van der Waals surface area contributed by atoms with Crippen LogP contribution in [0.5, 0.6) is 5.75 Å². The lowest BCUT2D eigenvalue weighted by atomic mass is 10.1. The second-order valence-electron chi connectivity index (χ2n) is 5.65. The highest BCUT2D eigenvalue weighted by molar-refractivity contribution is 7.98. The number of fused-ring (bicyclic) bond motifs is 1. The normalized spacial score (nSPS) is 10.8. The Bertz CT molecular complexity index is 931. The number of thioether (sulfide) groups is 1. The maximum absolute atomic E-state index is 11.7. The molecule has 0 amide bonds. The Balaban J connectivity index is 1.92. The molecule has 0 spiro atoms. The van der Waals surface area contributed by atoms with Gasteiger partial charge in [0.2, 0.25) is 0 Å². The summed E-state index contributed by atoms with van der Waals surface area (Å²) in [7, 11) is 1.64. The van der Waals surface area contributed by atoms with Crippen LogP contribution in [0.4, 0.5) is 0 Å².